The molecule has 1 heterocycles. The third-order valence-corrected chi connectivity index (χ3v) is 3.71. The summed E-state index contributed by atoms with van der Waals surface area (Å²) in [5.74, 6) is 0.852. The van der Waals surface area contributed by atoms with Crippen molar-refractivity contribution in [3.05, 3.63) is 48.3 Å². The van der Waals surface area contributed by atoms with Crippen molar-refractivity contribution in [2.45, 2.75) is 19.4 Å². The van der Waals surface area contributed by atoms with Crippen molar-refractivity contribution in [1.82, 2.24) is 10.3 Å². The van der Waals surface area contributed by atoms with Gasteiger partial charge < -0.3 is 15.0 Å². The summed E-state index contributed by atoms with van der Waals surface area (Å²) in [6.07, 6.45) is 2.93. The van der Waals surface area contributed by atoms with Crippen molar-refractivity contribution in [3.8, 4) is 5.75 Å². The zero-order valence-electron chi connectivity index (χ0n) is 13.1. The fourth-order valence-corrected chi connectivity index (χ4v) is 2.33. The van der Waals surface area contributed by atoms with E-state index in [2.05, 4.69) is 40.3 Å². The molecule has 0 saturated heterocycles. The lowest BCUT2D eigenvalue weighted by Crippen LogP contribution is -2.17. The Morgan fingerprint density at radius 3 is 2.62 bits per heavy atom. The van der Waals surface area contributed by atoms with Crippen molar-refractivity contribution in [2.24, 2.45) is 0 Å². The second-order valence-electron chi connectivity index (χ2n) is 4.95. The average Bonchev–Trinajstić information content (AvgIpc) is 2.56. The van der Waals surface area contributed by atoms with Gasteiger partial charge in [-0.15, -0.1) is 0 Å². The Morgan fingerprint density at radius 1 is 1.24 bits per heavy atom. The predicted molar refractivity (Wildman–Crippen MR) is 87.4 cm³/mol. The molecule has 4 nitrogen and oxygen atoms in total. The first-order valence-corrected chi connectivity index (χ1v) is 7.20. The number of methoxy groups -OCH3 is 1. The van der Waals surface area contributed by atoms with Gasteiger partial charge in [0.1, 0.15) is 5.75 Å². The molecule has 0 fully saturated rings. The molecule has 4 heteroatoms. The van der Waals surface area contributed by atoms with Gasteiger partial charge in [0.25, 0.3) is 0 Å². The molecule has 1 aromatic heterocycles. The van der Waals surface area contributed by atoms with E-state index in [1.54, 1.807) is 7.11 Å². The third-order valence-electron chi connectivity index (χ3n) is 3.71. The van der Waals surface area contributed by atoms with Crippen LogP contribution in [0.4, 0.5) is 11.4 Å². The number of ether oxygens (including phenoxy) is 1. The summed E-state index contributed by atoms with van der Waals surface area (Å²) in [5, 5.41) is 3.27. The van der Waals surface area contributed by atoms with Crippen LogP contribution in [-0.4, -0.2) is 26.2 Å². The smallest absolute Gasteiger partial charge is 0.120 e. The molecule has 0 aliphatic rings. The van der Waals surface area contributed by atoms with E-state index < -0.39 is 0 Å². The Kier molecular flexibility index (Phi) is 5.17. The zero-order chi connectivity index (χ0) is 15.2. The molecule has 112 valence electrons. The number of rotatable bonds is 6. The van der Waals surface area contributed by atoms with Crippen LogP contribution in [0.3, 0.4) is 0 Å². The maximum atomic E-state index is 5.27. The van der Waals surface area contributed by atoms with Crippen LogP contribution in [0.15, 0.2) is 42.6 Å². The van der Waals surface area contributed by atoms with Crippen LogP contribution in [0.2, 0.25) is 0 Å². The number of benzene rings is 1. The van der Waals surface area contributed by atoms with Gasteiger partial charge in [-0.1, -0.05) is 13.0 Å². The molecule has 0 saturated carbocycles. The first-order chi connectivity index (χ1) is 10.2. The lowest BCUT2D eigenvalue weighted by molar-refractivity contribution is 0.415. The average molecular weight is 285 g/mol. The van der Waals surface area contributed by atoms with Crippen molar-refractivity contribution >= 4 is 11.4 Å². The van der Waals surface area contributed by atoms with Crippen LogP contribution in [-0.2, 0) is 0 Å². The highest BCUT2D eigenvalue weighted by Gasteiger charge is 2.10. The molecule has 2 aromatic rings. The summed E-state index contributed by atoms with van der Waals surface area (Å²) < 4.78 is 5.27. The van der Waals surface area contributed by atoms with E-state index in [0.717, 1.165) is 29.2 Å². The molecule has 1 aromatic carbocycles. The summed E-state index contributed by atoms with van der Waals surface area (Å²) >= 11 is 0. The van der Waals surface area contributed by atoms with Gasteiger partial charge in [0.15, 0.2) is 0 Å². The first-order valence-electron chi connectivity index (χ1n) is 7.20. The number of nitrogens with one attached hydrogen (secondary N) is 1. The fraction of sp³-hybridized carbons (Fsp3) is 0.353. The van der Waals surface area contributed by atoms with E-state index in [-0.39, 0.29) is 0 Å². The Morgan fingerprint density at radius 2 is 2.05 bits per heavy atom. The monoisotopic (exact) mass is 285 g/mol. The summed E-state index contributed by atoms with van der Waals surface area (Å²) in [4.78, 5) is 6.67. The van der Waals surface area contributed by atoms with Crippen molar-refractivity contribution in [1.29, 1.82) is 0 Å². The zero-order valence-corrected chi connectivity index (χ0v) is 13.1. The minimum atomic E-state index is 0.307. The predicted octanol–water partition coefficient (Wildman–Crippen LogP) is 3.53. The molecule has 0 spiro atoms. The van der Waals surface area contributed by atoms with Crippen LogP contribution >= 0.6 is 0 Å². The number of nitrogens with zero attached hydrogens (tertiary/aromatic N) is 2. The van der Waals surface area contributed by atoms with Crippen LogP contribution in [0.25, 0.3) is 0 Å². The number of hydrogen-bond donors (Lipinski definition) is 1. The largest absolute Gasteiger partial charge is 0.497 e. The SMILES string of the molecule is CCC(NC)c1ccc(N(C)c2cccc(OC)c2)cn1. The Labute approximate surface area is 126 Å². The van der Waals surface area contributed by atoms with E-state index >= 15 is 0 Å². The van der Waals surface area contributed by atoms with Gasteiger partial charge in [-0.05, 0) is 37.7 Å². The maximum Gasteiger partial charge on any atom is 0.120 e. The van der Waals surface area contributed by atoms with E-state index in [1.807, 2.05) is 38.5 Å². The van der Waals surface area contributed by atoms with Crippen molar-refractivity contribution in [3.63, 3.8) is 0 Å². The molecule has 0 bridgehead atoms. The number of hydrogen-bond acceptors (Lipinski definition) is 4. The van der Waals surface area contributed by atoms with Gasteiger partial charge in [0.05, 0.1) is 24.7 Å². The second kappa shape index (κ2) is 7.09. The van der Waals surface area contributed by atoms with Crippen molar-refractivity contribution < 1.29 is 4.74 Å². The standard InChI is InChI=1S/C17H23N3O/c1-5-16(18-2)17-10-9-14(12-19-17)20(3)13-7-6-8-15(11-13)21-4/h6-12,16,18H,5H2,1-4H3. The molecular formula is C17H23N3O. The summed E-state index contributed by atoms with van der Waals surface area (Å²) in [7, 11) is 5.67. The molecule has 1 unspecified atom stereocenters. The molecule has 2 rings (SSSR count). The summed E-state index contributed by atoms with van der Waals surface area (Å²) in [6.45, 7) is 2.15. The van der Waals surface area contributed by atoms with E-state index in [0.29, 0.717) is 6.04 Å². The van der Waals surface area contributed by atoms with E-state index in [1.165, 1.54) is 0 Å². The number of aromatic nitrogens is 1. The molecule has 0 aliphatic heterocycles. The van der Waals surface area contributed by atoms with Crippen LogP contribution < -0.4 is 15.0 Å². The quantitative estimate of drug-likeness (QED) is 0.881. The van der Waals surface area contributed by atoms with Gasteiger partial charge in [-0.3, -0.25) is 4.98 Å². The summed E-state index contributed by atoms with van der Waals surface area (Å²) in [6, 6.07) is 12.5. The van der Waals surface area contributed by atoms with Crippen LogP contribution in [0.5, 0.6) is 5.75 Å². The van der Waals surface area contributed by atoms with Gasteiger partial charge in [0.2, 0.25) is 0 Å². The van der Waals surface area contributed by atoms with Gasteiger partial charge in [-0.2, -0.15) is 0 Å². The lowest BCUT2D eigenvalue weighted by atomic mass is 10.1. The topological polar surface area (TPSA) is 37.4 Å². The summed E-state index contributed by atoms with van der Waals surface area (Å²) in [5.41, 5.74) is 3.20. The Bertz CT molecular complexity index is 565. The highest BCUT2D eigenvalue weighted by atomic mass is 16.5. The molecule has 1 atom stereocenters. The number of pyridine rings is 1. The molecular weight excluding hydrogens is 262 g/mol. The van der Waals surface area contributed by atoms with Crippen molar-refractivity contribution in [2.75, 3.05) is 26.1 Å². The minimum absolute atomic E-state index is 0.307. The highest BCUT2D eigenvalue weighted by Crippen LogP contribution is 2.27. The third kappa shape index (κ3) is 3.52. The molecule has 21 heavy (non-hydrogen) atoms. The van der Waals surface area contributed by atoms with E-state index in [9.17, 15) is 0 Å². The second-order valence-corrected chi connectivity index (χ2v) is 4.95. The normalized spacial score (nSPS) is 12.0. The molecule has 0 amide bonds. The highest BCUT2D eigenvalue weighted by molar-refractivity contribution is 5.63. The lowest BCUT2D eigenvalue weighted by Gasteiger charge is -2.21. The fourth-order valence-electron chi connectivity index (χ4n) is 2.33. The first kappa shape index (κ1) is 15.3. The Balaban J connectivity index is 2.21. The van der Waals surface area contributed by atoms with Crippen LogP contribution in [0, 0.1) is 0 Å². The molecule has 0 aliphatic carbocycles. The van der Waals surface area contributed by atoms with Gasteiger partial charge in [0, 0.05) is 24.8 Å². The van der Waals surface area contributed by atoms with Gasteiger partial charge >= 0.3 is 0 Å². The molecule has 0 radical (unpaired) electrons. The minimum Gasteiger partial charge on any atom is -0.497 e. The van der Waals surface area contributed by atoms with Crippen LogP contribution in [0.1, 0.15) is 25.1 Å². The van der Waals surface area contributed by atoms with Gasteiger partial charge in [-0.25, -0.2) is 0 Å². The maximum absolute atomic E-state index is 5.27. The van der Waals surface area contributed by atoms with E-state index in [4.69, 9.17) is 4.74 Å². The Hall–Kier alpha value is -2.07. The molecule has 1 N–H and O–H groups in total. The number of anilines is 2.